The van der Waals surface area contributed by atoms with E-state index >= 15 is 0 Å². The van der Waals surface area contributed by atoms with E-state index in [-0.39, 0.29) is 11.6 Å². The van der Waals surface area contributed by atoms with Gasteiger partial charge in [0.15, 0.2) is 0 Å². The number of amides is 1. The summed E-state index contributed by atoms with van der Waals surface area (Å²) in [5, 5.41) is 12.3. The summed E-state index contributed by atoms with van der Waals surface area (Å²) in [6.07, 6.45) is 1.57. The summed E-state index contributed by atoms with van der Waals surface area (Å²) in [7, 11) is 0. The molecular formula is C25H21BrN2O2. The molecule has 1 atom stereocenters. The standard InChI is InChI=1S/C25H21BrN2O2/c1-18(21-5-3-2-4-6-21)28-25(29)22(16-27)15-19-9-13-24(14-10-19)30-17-20-7-11-23(26)12-8-20/h2-15,18H,17H2,1H3,(H,28,29)/b22-15+/t18-/m1/s1. The zero-order valence-electron chi connectivity index (χ0n) is 16.5. The van der Waals surface area contributed by atoms with Gasteiger partial charge in [0, 0.05) is 4.47 Å². The predicted octanol–water partition coefficient (Wildman–Crippen LogP) is 5.81. The molecule has 0 aliphatic carbocycles. The van der Waals surface area contributed by atoms with Gasteiger partial charge in [0.25, 0.3) is 5.91 Å². The van der Waals surface area contributed by atoms with Crippen molar-refractivity contribution in [3.63, 3.8) is 0 Å². The number of carbonyl (C=O) groups is 1. The number of nitrogens with one attached hydrogen (secondary N) is 1. The van der Waals surface area contributed by atoms with Crippen LogP contribution in [0.15, 0.2) is 88.9 Å². The molecule has 0 saturated carbocycles. The van der Waals surface area contributed by atoms with Crippen molar-refractivity contribution in [2.24, 2.45) is 0 Å². The average molecular weight is 461 g/mol. The number of nitriles is 1. The zero-order chi connectivity index (χ0) is 21.3. The van der Waals surface area contributed by atoms with Crippen molar-refractivity contribution in [2.45, 2.75) is 19.6 Å². The second-order valence-electron chi connectivity index (χ2n) is 6.76. The van der Waals surface area contributed by atoms with E-state index in [0.717, 1.165) is 26.9 Å². The molecular weight excluding hydrogens is 440 g/mol. The molecule has 1 N–H and O–H groups in total. The average Bonchev–Trinajstić information content (AvgIpc) is 2.78. The van der Waals surface area contributed by atoms with E-state index in [4.69, 9.17) is 4.74 Å². The summed E-state index contributed by atoms with van der Waals surface area (Å²) in [6, 6.07) is 26.7. The molecule has 3 aromatic carbocycles. The fourth-order valence-corrected chi connectivity index (χ4v) is 3.09. The van der Waals surface area contributed by atoms with E-state index in [0.29, 0.717) is 6.61 Å². The molecule has 0 fully saturated rings. The van der Waals surface area contributed by atoms with E-state index in [1.54, 1.807) is 6.08 Å². The Morgan fingerprint density at radius 2 is 1.73 bits per heavy atom. The normalized spacial score (nSPS) is 12.0. The van der Waals surface area contributed by atoms with Crippen LogP contribution in [0.5, 0.6) is 5.75 Å². The lowest BCUT2D eigenvalue weighted by molar-refractivity contribution is -0.117. The lowest BCUT2D eigenvalue weighted by atomic mass is 10.1. The monoisotopic (exact) mass is 460 g/mol. The lowest BCUT2D eigenvalue weighted by Gasteiger charge is -2.13. The highest BCUT2D eigenvalue weighted by atomic mass is 79.9. The van der Waals surface area contributed by atoms with E-state index < -0.39 is 5.91 Å². The van der Waals surface area contributed by atoms with E-state index in [1.807, 2.05) is 91.9 Å². The maximum Gasteiger partial charge on any atom is 0.262 e. The summed E-state index contributed by atoms with van der Waals surface area (Å²) >= 11 is 3.41. The maximum absolute atomic E-state index is 12.5. The molecule has 0 aliphatic heterocycles. The first-order valence-corrected chi connectivity index (χ1v) is 10.3. The molecule has 0 heterocycles. The van der Waals surface area contributed by atoms with Gasteiger partial charge in [0.05, 0.1) is 6.04 Å². The molecule has 0 bridgehead atoms. The lowest BCUT2D eigenvalue weighted by Crippen LogP contribution is -2.27. The van der Waals surface area contributed by atoms with Crippen molar-refractivity contribution in [2.75, 3.05) is 0 Å². The summed E-state index contributed by atoms with van der Waals surface area (Å²) < 4.78 is 6.81. The van der Waals surface area contributed by atoms with Crippen molar-refractivity contribution in [1.29, 1.82) is 5.26 Å². The minimum absolute atomic E-state index is 0.0568. The quantitative estimate of drug-likeness (QED) is 0.357. The summed E-state index contributed by atoms with van der Waals surface area (Å²) in [5.41, 5.74) is 2.86. The van der Waals surface area contributed by atoms with Gasteiger partial charge in [0.2, 0.25) is 0 Å². The molecule has 0 saturated heterocycles. The summed E-state index contributed by atoms with van der Waals surface area (Å²) in [4.78, 5) is 12.5. The largest absolute Gasteiger partial charge is 0.489 e. The van der Waals surface area contributed by atoms with Gasteiger partial charge < -0.3 is 10.1 Å². The van der Waals surface area contributed by atoms with Gasteiger partial charge >= 0.3 is 0 Å². The predicted molar refractivity (Wildman–Crippen MR) is 122 cm³/mol. The van der Waals surface area contributed by atoms with Crippen LogP contribution in [0.1, 0.15) is 29.7 Å². The molecule has 4 nitrogen and oxygen atoms in total. The van der Waals surface area contributed by atoms with Crippen LogP contribution in [0.4, 0.5) is 0 Å². The molecule has 0 spiro atoms. The van der Waals surface area contributed by atoms with Crippen molar-refractivity contribution in [1.82, 2.24) is 5.32 Å². The van der Waals surface area contributed by atoms with Gasteiger partial charge in [-0.1, -0.05) is 70.5 Å². The van der Waals surface area contributed by atoms with Gasteiger partial charge in [-0.25, -0.2) is 0 Å². The Morgan fingerprint density at radius 1 is 1.07 bits per heavy atom. The van der Waals surface area contributed by atoms with E-state index in [9.17, 15) is 10.1 Å². The molecule has 30 heavy (non-hydrogen) atoms. The van der Waals surface area contributed by atoms with Crippen LogP contribution in [-0.2, 0) is 11.4 Å². The highest BCUT2D eigenvalue weighted by Crippen LogP contribution is 2.18. The maximum atomic E-state index is 12.5. The van der Waals surface area contributed by atoms with Gasteiger partial charge in [-0.15, -0.1) is 0 Å². The topological polar surface area (TPSA) is 62.1 Å². The SMILES string of the molecule is C[C@@H](NC(=O)/C(C#N)=C/c1ccc(OCc2ccc(Br)cc2)cc1)c1ccccc1. The van der Waals surface area contributed by atoms with Gasteiger partial charge in [-0.2, -0.15) is 5.26 Å². The Morgan fingerprint density at radius 3 is 2.37 bits per heavy atom. The molecule has 0 unspecified atom stereocenters. The van der Waals surface area contributed by atoms with Crippen molar-refractivity contribution >= 4 is 27.9 Å². The van der Waals surface area contributed by atoms with Gasteiger partial charge in [-0.3, -0.25) is 4.79 Å². The molecule has 5 heteroatoms. The van der Waals surface area contributed by atoms with Gasteiger partial charge in [-0.05, 0) is 54.0 Å². The van der Waals surface area contributed by atoms with Gasteiger partial charge in [0.1, 0.15) is 24.0 Å². The molecule has 150 valence electrons. The van der Waals surface area contributed by atoms with E-state index in [2.05, 4.69) is 21.2 Å². The van der Waals surface area contributed by atoms with Crippen molar-refractivity contribution < 1.29 is 9.53 Å². The Labute approximate surface area is 184 Å². The number of halogens is 1. The van der Waals surface area contributed by atoms with E-state index in [1.165, 1.54) is 0 Å². The minimum atomic E-state index is -0.399. The third kappa shape index (κ3) is 6.07. The third-order valence-corrected chi connectivity index (χ3v) is 5.05. The first-order valence-electron chi connectivity index (χ1n) is 9.50. The molecule has 3 rings (SSSR count). The van der Waals surface area contributed by atoms with Crippen molar-refractivity contribution in [3.8, 4) is 11.8 Å². The van der Waals surface area contributed by atoms with Crippen molar-refractivity contribution in [3.05, 3.63) is 106 Å². The Kier molecular flexibility index (Phi) is 7.42. The number of hydrogen-bond donors (Lipinski definition) is 1. The zero-order valence-corrected chi connectivity index (χ0v) is 18.1. The number of hydrogen-bond acceptors (Lipinski definition) is 3. The Hall–Kier alpha value is -3.36. The highest BCUT2D eigenvalue weighted by Gasteiger charge is 2.13. The number of carbonyl (C=O) groups excluding carboxylic acids is 1. The summed E-state index contributed by atoms with van der Waals surface area (Å²) in [6.45, 7) is 2.35. The molecule has 3 aromatic rings. The van der Waals surface area contributed by atoms with Crippen LogP contribution in [0.2, 0.25) is 0 Å². The molecule has 0 aromatic heterocycles. The third-order valence-electron chi connectivity index (χ3n) is 4.52. The van der Waals surface area contributed by atoms with Crippen LogP contribution in [0.25, 0.3) is 6.08 Å². The smallest absolute Gasteiger partial charge is 0.262 e. The second-order valence-corrected chi connectivity index (χ2v) is 7.68. The first-order chi connectivity index (χ1) is 14.5. The first kappa shape index (κ1) is 21.4. The Balaban J connectivity index is 1.61. The minimum Gasteiger partial charge on any atom is -0.489 e. The second kappa shape index (κ2) is 10.4. The van der Waals surface area contributed by atoms with Crippen LogP contribution in [0.3, 0.4) is 0 Å². The number of rotatable bonds is 7. The molecule has 0 aliphatic rings. The summed E-state index contributed by atoms with van der Waals surface area (Å²) in [5.74, 6) is 0.320. The fraction of sp³-hybridized carbons (Fsp3) is 0.120. The fourth-order valence-electron chi connectivity index (χ4n) is 2.82. The van der Waals surface area contributed by atoms with Crippen LogP contribution >= 0.6 is 15.9 Å². The van der Waals surface area contributed by atoms with Crippen LogP contribution < -0.4 is 10.1 Å². The number of nitrogens with zero attached hydrogens (tertiary/aromatic N) is 1. The van der Waals surface area contributed by atoms with Crippen LogP contribution in [0, 0.1) is 11.3 Å². The van der Waals surface area contributed by atoms with Crippen LogP contribution in [-0.4, -0.2) is 5.91 Å². The molecule has 0 radical (unpaired) electrons. The highest BCUT2D eigenvalue weighted by molar-refractivity contribution is 9.10. The number of benzene rings is 3. The Bertz CT molecular complexity index is 1050. The number of ether oxygens (including phenoxy) is 1. The molecule has 1 amide bonds.